The first-order chi connectivity index (χ1) is 8.65. The van der Waals surface area contributed by atoms with Crippen molar-refractivity contribution in [3.05, 3.63) is 0 Å². The molecule has 6 heteroatoms. The van der Waals surface area contributed by atoms with Crippen LogP contribution in [0.5, 0.6) is 0 Å². The number of amides is 1. The number of rotatable bonds is 5. The lowest BCUT2D eigenvalue weighted by molar-refractivity contribution is -0.131. The van der Waals surface area contributed by atoms with Gasteiger partial charge >= 0.3 is 0 Å². The quantitative estimate of drug-likeness (QED) is 0.813. The molecule has 1 N–H and O–H groups in total. The summed E-state index contributed by atoms with van der Waals surface area (Å²) in [5, 5.41) is 3.02. The van der Waals surface area contributed by atoms with E-state index >= 15 is 0 Å². The van der Waals surface area contributed by atoms with Crippen molar-refractivity contribution in [1.82, 2.24) is 10.2 Å². The smallest absolute Gasteiger partial charge is 0.239 e. The summed E-state index contributed by atoms with van der Waals surface area (Å²) in [5.74, 6) is 0.138. The third kappa shape index (κ3) is 4.45. The molecule has 1 atom stereocenters. The summed E-state index contributed by atoms with van der Waals surface area (Å²) in [5.41, 5.74) is 0. The molecule has 1 saturated heterocycles. The van der Waals surface area contributed by atoms with Crippen LogP contribution in [0.2, 0.25) is 0 Å². The van der Waals surface area contributed by atoms with Gasteiger partial charge in [0.25, 0.3) is 0 Å². The molecule has 0 spiro atoms. The van der Waals surface area contributed by atoms with Gasteiger partial charge in [0.2, 0.25) is 5.91 Å². The van der Waals surface area contributed by atoms with Crippen LogP contribution in [-0.2, 0) is 14.6 Å². The van der Waals surface area contributed by atoms with Crippen molar-refractivity contribution in [1.29, 1.82) is 0 Å². The summed E-state index contributed by atoms with van der Waals surface area (Å²) < 4.78 is 23.1. The van der Waals surface area contributed by atoms with Gasteiger partial charge in [0.15, 0.2) is 9.84 Å². The minimum atomic E-state index is -3.13. The highest BCUT2D eigenvalue weighted by Crippen LogP contribution is 2.15. The predicted molar refractivity (Wildman–Crippen MR) is 76.8 cm³/mol. The van der Waals surface area contributed by atoms with Crippen LogP contribution in [0.25, 0.3) is 0 Å². The average molecular weight is 290 g/mol. The third-order valence-electron chi connectivity index (χ3n) is 3.54. The van der Waals surface area contributed by atoms with Gasteiger partial charge in [-0.1, -0.05) is 0 Å². The molecule has 0 aromatic rings. The Morgan fingerprint density at radius 2 is 1.79 bits per heavy atom. The first-order valence-corrected chi connectivity index (χ1v) is 8.55. The Balaban J connectivity index is 2.39. The van der Waals surface area contributed by atoms with Crippen LogP contribution >= 0.6 is 0 Å². The van der Waals surface area contributed by atoms with Crippen molar-refractivity contribution in [2.75, 3.05) is 25.4 Å². The highest BCUT2D eigenvalue weighted by atomic mass is 32.2. The Labute approximate surface area is 116 Å². The van der Waals surface area contributed by atoms with Gasteiger partial charge in [0, 0.05) is 19.6 Å². The van der Waals surface area contributed by atoms with Gasteiger partial charge < -0.3 is 10.2 Å². The van der Waals surface area contributed by atoms with Gasteiger partial charge in [-0.3, -0.25) is 4.79 Å². The van der Waals surface area contributed by atoms with Gasteiger partial charge in [-0.05, 0) is 40.5 Å². The number of carbonyl (C=O) groups excluding carboxylic acids is 1. The first-order valence-electron chi connectivity index (χ1n) is 6.89. The zero-order valence-corrected chi connectivity index (χ0v) is 13.2. The van der Waals surface area contributed by atoms with Crippen LogP contribution in [0.3, 0.4) is 0 Å². The Morgan fingerprint density at radius 3 is 2.26 bits per heavy atom. The van der Waals surface area contributed by atoms with Crippen molar-refractivity contribution in [2.45, 2.75) is 51.3 Å². The van der Waals surface area contributed by atoms with E-state index in [4.69, 9.17) is 0 Å². The molecule has 19 heavy (non-hydrogen) atoms. The van der Waals surface area contributed by atoms with Crippen LogP contribution in [0.4, 0.5) is 0 Å². The SMILES string of the molecule is CC(NCCS(=O)(=O)C(C)(C)C)C(=O)N1CCCC1. The summed E-state index contributed by atoms with van der Waals surface area (Å²) >= 11 is 0. The van der Waals surface area contributed by atoms with Crippen LogP contribution in [-0.4, -0.2) is 55.4 Å². The van der Waals surface area contributed by atoms with Crippen LogP contribution in [0.1, 0.15) is 40.5 Å². The molecule has 1 fully saturated rings. The first kappa shape index (κ1) is 16.4. The standard InChI is InChI=1S/C13H26N2O3S/c1-11(12(16)15-8-5-6-9-15)14-7-10-19(17,18)13(2,3)4/h11,14H,5-10H2,1-4H3. The maximum absolute atomic E-state index is 12.0. The molecule has 0 aromatic carbocycles. The minimum Gasteiger partial charge on any atom is -0.341 e. The molecule has 0 saturated carbocycles. The Hall–Kier alpha value is -0.620. The lowest BCUT2D eigenvalue weighted by Crippen LogP contribution is -2.45. The Bertz CT molecular complexity index is 406. The van der Waals surface area contributed by atoms with Crippen molar-refractivity contribution < 1.29 is 13.2 Å². The molecular weight excluding hydrogens is 264 g/mol. The van der Waals surface area contributed by atoms with Crippen molar-refractivity contribution in [3.8, 4) is 0 Å². The largest absolute Gasteiger partial charge is 0.341 e. The molecule has 1 rings (SSSR count). The van der Waals surface area contributed by atoms with Gasteiger partial charge in [0.05, 0.1) is 16.5 Å². The average Bonchev–Trinajstić information content (AvgIpc) is 2.79. The summed E-state index contributed by atoms with van der Waals surface area (Å²) in [6.07, 6.45) is 2.13. The molecule has 1 amide bonds. The minimum absolute atomic E-state index is 0.0636. The number of nitrogens with zero attached hydrogens (tertiary/aromatic N) is 1. The second-order valence-corrected chi connectivity index (χ2v) is 9.00. The monoisotopic (exact) mass is 290 g/mol. The fraction of sp³-hybridized carbons (Fsp3) is 0.923. The van der Waals surface area contributed by atoms with E-state index in [2.05, 4.69) is 5.32 Å². The van der Waals surface area contributed by atoms with E-state index in [0.29, 0.717) is 6.54 Å². The number of carbonyl (C=O) groups is 1. The number of sulfone groups is 1. The normalized spacial score (nSPS) is 18.6. The number of likely N-dealkylation sites (tertiary alicyclic amines) is 1. The summed E-state index contributed by atoms with van der Waals surface area (Å²) in [6, 6.07) is -0.312. The number of hydrogen-bond acceptors (Lipinski definition) is 4. The molecular formula is C13H26N2O3S. The van der Waals surface area contributed by atoms with E-state index in [1.54, 1.807) is 27.7 Å². The zero-order valence-electron chi connectivity index (χ0n) is 12.4. The second kappa shape index (κ2) is 6.22. The van der Waals surface area contributed by atoms with E-state index in [9.17, 15) is 13.2 Å². The maximum atomic E-state index is 12.0. The van der Waals surface area contributed by atoms with Crippen molar-refractivity contribution >= 4 is 15.7 Å². The molecule has 1 aliphatic heterocycles. The fourth-order valence-corrected chi connectivity index (χ4v) is 3.01. The molecule has 1 unspecified atom stereocenters. The summed E-state index contributed by atoms with van der Waals surface area (Å²) in [4.78, 5) is 13.9. The Kier molecular flexibility index (Phi) is 5.38. The zero-order chi connectivity index (χ0) is 14.7. The number of hydrogen-bond donors (Lipinski definition) is 1. The molecule has 5 nitrogen and oxygen atoms in total. The van der Waals surface area contributed by atoms with E-state index < -0.39 is 14.6 Å². The van der Waals surface area contributed by atoms with Crippen molar-refractivity contribution in [3.63, 3.8) is 0 Å². The fourth-order valence-electron chi connectivity index (χ4n) is 2.01. The molecule has 0 aromatic heterocycles. The summed E-state index contributed by atoms with van der Waals surface area (Å²) in [7, 11) is -3.13. The van der Waals surface area contributed by atoms with E-state index in [-0.39, 0.29) is 17.7 Å². The van der Waals surface area contributed by atoms with Gasteiger partial charge in [-0.15, -0.1) is 0 Å². The van der Waals surface area contributed by atoms with Crippen LogP contribution in [0, 0.1) is 0 Å². The molecule has 1 aliphatic rings. The predicted octanol–water partition coefficient (Wildman–Crippen LogP) is 0.800. The summed E-state index contributed by atoms with van der Waals surface area (Å²) in [6.45, 7) is 8.85. The van der Waals surface area contributed by atoms with Gasteiger partial charge in [-0.25, -0.2) is 8.42 Å². The molecule has 0 radical (unpaired) electrons. The molecule has 0 bridgehead atoms. The van der Waals surface area contributed by atoms with Crippen molar-refractivity contribution in [2.24, 2.45) is 0 Å². The van der Waals surface area contributed by atoms with E-state index in [0.717, 1.165) is 25.9 Å². The van der Waals surface area contributed by atoms with E-state index in [1.807, 2.05) is 4.90 Å². The highest BCUT2D eigenvalue weighted by molar-refractivity contribution is 7.92. The van der Waals surface area contributed by atoms with Gasteiger partial charge in [-0.2, -0.15) is 0 Å². The van der Waals surface area contributed by atoms with Crippen LogP contribution in [0.15, 0.2) is 0 Å². The Morgan fingerprint density at radius 1 is 1.26 bits per heavy atom. The lowest BCUT2D eigenvalue weighted by atomic mass is 10.3. The second-order valence-electron chi connectivity index (χ2n) is 6.14. The van der Waals surface area contributed by atoms with Gasteiger partial charge in [0.1, 0.15) is 0 Å². The molecule has 112 valence electrons. The number of nitrogens with one attached hydrogen (secondary N) is 1. The molecule has 1 heterocycles. The van der Waals surface area contributed by atoms with E-state index in [1.165, 1.54) is 0 Å². The maximum Gasteiger partial charge on any atom is 0.239 e. The topological polar surface area (TPSA) is 66.5 Å². The lowest BCUT2D eigenvalue weighted by Gasteiger charge is -2.23. The highest BCUT2D eigenvalue weighted by Gasteiger charge is 2.29. The molecule has 0 aliphatic carbocycles. The third-order valence-corrected chi connectivity index (χ3v) is 6.15. The van der Waals surface area contributed by atoms with Crippen LogP contribution < -0.4 is 5.32 Å².